The van der Waals surface area contributed by atoms with E-state index in [4.69, 9.17) is 4.52 Å². The van der Waals surface area contributed by atoms with Crippen LogP contribution in [0, 0.1) is 11.7 Å². The van der Waals surface area contributed by atoms with Crippen LogP contribution in [0.3, 0.4) is 0 Å². The molecule has 2 aliphatic rings. The fraction of sp³-hybridized carbons (Fsp3) is 0.412. The van der Waals surface area contributed by atoms with E-state index in [9.17, 15) is 9.18 Å². The van der Waals surface area contributed by atoms with Crippen LogP contribution >= 0.6 is 0 Å². The van der Waals surface area contributed by atoms with Crippen LogP contribution in [0.5, 0.6) is 0 Å². The van der Waals surface area contributed by atoms with E-state index in [-0.39, 0.29) is 17.8 Å². The second-order valence-electron chi connectivity index (χ2n) is 6.21. The molecule has 2 fully saturated rings. The summed E-state index contributed by atoms with van der Waals surface area (Å²) in [7, 11) is 0. The lowest BCUT2D eigenvalue weighted by Crippen LogP contribution is -2.48. The van der Waals surface area contributed by atoms with Crippen molar-refractivity contribution in [1.29, 1.82) is 0 Å². The van der Waals surface area contributed by atoms with Crippen LogP contribution in [0.2, 0.25) is 0 Å². The number of carbonyl (C=O) groups is 1. The summed E-state index contributed by atoms with van der Waals surface area (Å²) in [6, 6.07) is 7.84. The fourth-order valence-corrected chi connectivity index (χ4v) is 3.59. The summed E-state index contributed by atoms with van der Waals surface area (Å²) in [4.78, 5) is 14.7. The number of nitrogens with zero attached hydrogens (tertiary/aromatic N) is 2. The fourth-order valence-electron chi connectivity index (χ4n) is 3.59. The lowest BCUT2D eigenvalue weighted by atomic mass is 9.92. The zero-order chi connectivity index (χ0) is 15.8. The molecule has 2 saturated heterocycles. The standard InChI is InChI=1S/C17H18FN3O2/c18-13-5-3-11(4-6-13)16-8-14(20-23-16)17(22)21-7-1-2-12-9-19-10-15(12)21/h3-6,8,12,15,19H,1-2,7,9-10H2/t12-,15+/m0/s1. The topological polar surface area (TPSA) is 58.4 Å². The maximum absolute atomic E-state index is 13.0. The van der Waals surface area contributed by atoms with E-state index in [1.165, 1.54) is 18.6 Å². The zero-order valence-corrected chi connectivity index (χ0v) is 12.7. The molecule has 2 atom stereocenters. The first-order valence-corrected chi connectivity index (χ1v) is 7.97. The van der Waals surface area contributed by atoms with Crippen LogP contribution in [-0.2, 0) is 0 Å². The normalized spacial score (nSPS) is 23.8. The molecule has 0 radical (unpaired) electrons. The molecule has 2 aromatic rings. The van der Waals surface area contributed by atoms with Crippen molar-refractivity contribution in [2.45, 2.75) is 18.9 Å². The molecule has 0 unspecified atom stereocenters. The predicted octanol–water partition coefficient (Wildman–Crippen LogP) is 2.30. The minimum Gasteiger partial charge on any atom is -0.355 e. The molecule has 0 spiro atoms. The van der Waals surface area contributed by atoms with Gasteiger partial charge in [-0.2, -0.15) is 0 Å². The Labute approximate surface area is 133 Å². The summed E-state index contributed by atoms with van der Waals surface area (Å²) in [5.41, 5.74) is 1.02. The third-order valence-electron chi connectivity index (χ3n) is 4.80. The van der Waals surface area contributed by atoms with Crippen LogP contribution in [0.4, 0.5) is 4.39 Å². The number of fused-ring (bicyclic) bond motifs is 1. The first-order chi connectivity index (χ1) is 11.2. The Hall–Kier alpha value is -2.21. The van der Waals surface area contributed by atoms with Crippen LogP contribution in [0.15, 0.2) is 34.9 Å². The number of halogens is 1. The third-order valence-corrected chi connectivity index (χ3v) is 4.80. The Morgan fingerprint density at radius 3 is 2.96 bits per heavy atom. The van der Waals surface area contributed by atoms with Crippen molar-refractivity contribution in [3.05, 3.63) is 41.8 Å². The number of benzene rings is 1. The van der Waals surface area contributed by atoms with Crippen LogP contribution < -0.4 is 5.32 Å². The number of carbonyl (C=O) groups excluding carboxylic acids is 1. The van der Waals surface area contributed by atoms with Gasteiger partial charge in [0, 0.05) is 37.3 Å². The molecule has 0 bridgehead atoms. The smallest absolute Gasteiger partial charge is 0.276 e. The number of aromatic nitrogens is 1. The number of rotatable bonds is 2. The van der Waals surface area contributed by atoms with Gasteiger partial charge in [-0.25, -0.2) is 4.39 Å². The van der Waals surface area contributed by atoms with Crippen molar-refractivity contribution < 1.29 is 13.7 Å². The number of hydrogen-bond acceptors (Lipinski definition) is 4. The van der Waals surface area contributed by atoms with Gasteiger partial charge < -0.3 is 14.7 Å². The van der Waals surface area contributed by atoms with Crippen LogP contribution in [0.25, 0.3) is 11.3 Å². The molecule has 3 heterocycles. The molecule has 1 N–H and O–H groups in total. The van der Waals surface area contributed by atoms with Gasteiger partial charge in [0.25, 0.3) is 5.91 Å². The molecule has 4 rings (SSSR count). The molecule has 5 nitrogen and oxygen atoms in total. The van der Waals surface area contributed by atoms with Crippen molar-refractivity contribution in [3.8, 4) is 11.3 Å². The summed E-state index contributed by atoms with van der Waals surface area (Å²) in [5, 5.41) is 7.29. The second-order valence-corrected chi connectivity index (χ2v) is 6.21. The Bertz CT molecular complexity index is 713. The number of nitrogens with one attached hydrogen (secondary N) is 1. The Balaban J connectivity index is 1.56. The highest BCUT2D eigenvalue weighted by Crippen LogP contribution is 2.28. The molecular formula is C17H18FN3O2. The number of likely N-dealkylation sites (tertiary alicyclic amines) is 1. The lowest BCUT2D eigenvalue weighted by molar-refractivity contribution is 0.0564. The molecular weight excluding hydrogens is 297 g/mol. The largest absolute Gasteiger partial charge is 0.355 e. The van der Waals surface area contributed by atoms with E-state index in [0.29, 0.717) is 22.9 Å². The monoisotopic (exact) mass is 315 g/mol. The van der Waals surface area contributed by atoms with Crippen molar-refractivity contribution in [1.82, 2.24) is 15.4 Å². The molecule has 1 aromatic heterocycles. The highest BCUT2D eigenvalue weighted by Gasteiger charge is 2.38. The van der Waals surface area contributed by atoms with E-state index in [1.807, 2.05) is 4.90 Å². The minimum atomic E-state index is -0.308. The van der Waals surface area contributed by atoms with Gasteiger partial charge in [0.15, 0.2) is 11.5 Å². The van der Waals surface area contributed by atoms with E-state index in [1.54, 1.807) is 18.2 Å². The summed E-state index contributed by atoms with van der Waals surface area (Å²) >= 11 is 0. The van der Waals surface area contributed by atoms with Gasteiger partial charge in [-0.3, -0.25) is 4.79 Å². The molecule has 23 heavy (non-hydrogen) atoms. The summed E-state index contributed by atoms with van der Waals surface area (Å²) in [6.45, 7) is 2.59. The molecule has 1 aromatic carbocycles. The van der Waals surface area contributed by atoms with E-state index in [0.717, 1.165) is 26.1 Å². The third kappa shape index (κ3) is 2.63. The van der Waals surface area contributed by atoms with Crippen LogP contribution in [0.1, 0.15) is 23.3 Å². The van der Waals surface area contributed by atoms with Crippen molar-refractivity contribution in [3.63, 3.8) is 0 Å². The quantitative estimate of drug-likeness (QED) is 0.924. The zero-order valence-electron chi connectivity index (χ0n) is 12.7. The van der Waals surface area contributed by atoms with Crippen molar-refractivity contribution in [2.24, 2.45) is 5.92 Å². The van der Waals surface area contributed by atoms with Crippen molar-refractivity contribution in [2.75, 3.05) is 19.6 Å². The van der Waals surface area contributed by atoms with Gasteiger partial charge in [0.05, 0.1) is 0 Å². The van der Waals surface area contributed by atoms with Gasteiger partial charge in [-0.1, -0.05) is 5.16 Å². The summed E-state index contributed by atoms with van der Waals surface area (Å²) < 4.78 is 18.3. The van der Waals surface area contributed by atoms with Gasteiger partial charge >= 0.3 is 0 Å². The average Bonchev–Trinajstić information content (AvgIpc) is 3.23. The summed E-state index contributed by atoms with van der Waals surface area (Å²) in [5.74, 6) is 0.626. The minimum absolute atomic E-state index is 0.0829. The Morgan fingerprint density at radius 2 is 2.13 bits per heavy atom. The van der Waals surface area contributed by atoms with Gasteiger partial charge in [-0.15, -0.1) is 0 Å². The Morgan fingerprint density at radius 1 is 1.30 bits per heavy atom. The Kier molecular flexibility index (Phi) is 3.61. The van der Waals surface area contributed by atoms with Gasteiger partial charge in [-0.05, 0) is 43.0 Å². The number of piperidine rings is 1. The molecule has 2 aliphatic heterocycles. The SMILES string of the molecule is O=C(c1cc(-c2ccc(F)cc2)on1)N1CCC[C@H]2CNC[C@H]21. The number of hydrogen-bond donors (Lipinski definition) is 1. The number of amides is 1. The van der Waals surface area contributed by atoms with Gasteiger partial charge in [0.1, 0.15) is 5.82 Å². The first-order valence-electron chi connectivity index (χ1n) is 7.97. The average molecular weight is 315 g/mol. The van der Waals surface area contributed by atoms with E-state index >= 15 is 0 Å². The lowest BCUT2D eigenvalue weighted by Gasteiger charge is -2.36. The highest BCUT2D eigenvalue weighted by atomic mass is 19.1. The summed E-state index contributed by atoms with van der Waals surface area (Å²) in [6.07, 6.45) is 2.19. The first kappa shape index (κ1) is 14.4. The molecule has 0 saturated carbocycles. The highest BCUT2D eigenvalue weighted by molar-refractivity contribution is 5.93. The maximum Gasteiger partial charge on any atom is 0.276 e. The molecule has 6 heteroatoms. The molecule has 0 aliphatic carbocycles. The molecule has 1 amide bonds. The predicted molar refractivity (Wildman–Crippen MR) is 82.3 cm³/mol. The molecule has 120 valence electrons. The van der Waals surface area contributed by atoms with Crippen LogP contribution in [-0.4, -0.2) is 41.6 Å². The van der Waals surface area contributed by atoms with E-state index in [2.05, 4.69) is 10.5 Å². The maximum atomic E-state index is 13.0. The van der Waals surface area contributed by atoms with Gasteiger partial charge in [0.2, 0.25) is 0 Å². The second kappa shape index (κ2) is 5.77. The van der Waals surface area contributed by atoms with Crippen molar-refractivity contribution >= 4 is 5.91 Å². The van der Waals surface area contributed by atoms with E-state index < -0.39 is 0 Å².